The Bertz CT molecular complexity index is 844. The van der Waals surface area contributed by atoms with Crippen LogP contribution in [0.2, 0.25) is 0 Å². The van der Waals surface area contributed by atoms with Crippen LogP contribution in [0.25, 0.3) is 11.1 Å². The van der Waals surface area contributed by atoms with E-state index in [1.165, 1.54) is 24.3 Å². The van der Waals surface area contributed by atoms with Crippen LogP contribution in [0.1, 0.15) is 0 Å². The zero-order valence-corrected chi connectivity index (χ0v) is 12.7. The summed E-state index contributed by atoms with van der Waals surface area (Å²) in [4.78, 5) is 0. The first-order valence-corrected chi connectivity index (χ1v) is 7.22. The van der Waals surface area contributed by atoms with Crippen LogP contribution in [0.4, 0.5) is 17.6 Å². The van der Waals surface area contributed by atoms with E-state index in [2.05, 4.69) is 10.8 Å². The molecule has 0 heterocycles. The molecule has 3 aromatic rings. The van der Waals surface area contributed by atoms with Gasteiger partial charge in [-0.15, -0.1) is 13.2 Å². The monoisotopic (exact) mass is 347 g/mol. The summed E-state index contributed by atoms with van der Waals surface area (Å²) in [6.07, 6.45) is -4.77. The summed E-state index contributed by atoms with van der Waals surface area (Å²) in [5.41, 5.74) is 0.738. The quantitative estimate of drug-likeness (QED) is 0.540. The van der Waals surface area contributed by atoms with E-state index in [9.17, 15) is 17.6 Å². The van der Waals surface area contributed by atoms with Crippen molar-refractivity contribution in [2.45, 2.75) is 6.36 Å². The fourth-order valence-corrected chi connectivity index (χ4v) is 2.20. The zero-order valence-electron chi connectivity index (χ0n) is 12.7. The Hall–Kier alpha value is -3.02. The van der Waals surface area contributed by atoms with Crippen LogP contribution in [0, 0.1) is 11.9 Å². The topological polar surface area (TPSA) is 18.5 Å². The molecule has 25 heavy (non-hydrogen) atoms. The number of para-hydroxylation sites is 1. The fourth-order valence-electron chi connectivity index (χ4n) is 2.20. The Kier molecular flexibility index (Phi) is 4.61. The van der Waals surface area contributed by atoms with Gasteiger partial charge >= 0.3 is 6.36 Å². The predicted molar refractivity (Wildman–Crippen MR) is 83.9 cm³/mol. The molecule has 0 spiro atoms. The van der Waals surface area contributed by atoms with Crippen LogP contribution in [0.15, 0.2) is 66.7 Å². The van der Waals surface area contributed by atoms with Gasteiger partial charge in [0.1, 0.15) is 11.5 Å². The van der Waals surface area contributed by atoms with Crippen LogP contribution in [0.5, 0.6) is 17.2 Å². The van der Waals surface area contributed by atoms with Crippen LogP contribution in [-0.4, -0.2) is 6.36 Å². The largest absolute Gasteiger partial charge is 0.573 e. The second-order valence-corrected chi connectivity index (χ2v) is 5.02. The van der Waals surface area contributed by atoms with Gasteiger partial charge in [-0.05, 0) is 42.0 Å². The SMILES string of the molecule is Fc1cc[c]c(-c2ccc(OC(F)(F)F)cc2)c1Oc1ccccc1. The van der Waals surface area contributed by atoms with Gasteiger partial charge in [-0.3, -0.25) is 0 Å². The van der Waals surface area contributed by atoms with Crippen LogP contribution >= 0.6 is 0 Å². The highest BCUT2D eigenvalue weighted by Crippen LogP contribution is 2.36. The molecule has 0 aliphatic carbocycles. The van der Waals surface area contributed by atoms with Crippen molar-refractivity contribution >= 4 is 0 Å². The van der Waals surface area contributed by atoms with Gasteiger partial charge in [-0.25, -0.2) is 4.39 Å². The van der Waals surface area contributed by atoms with Crippen molar-refractivity contribution in [3.8, 4) is 28.4 Å². The van der Waals surface area contributed by atoms with Gasteiger partial charge in [0, 0.05) is 5.56 Å². The molecule has 0 unspecified atom stereocenters. The molecule has 0 fully saturated rings. The van der Waals surface area contributed by atoms with E-state index in [0.717, 1.165) is 12.1 Å². The lowest BCUT2D eigenvalue weighted by molar-refractivity contribution is -0.274. The van der Waals surface area contributed by atoms with Crippen molar-refractivity contribution in [2.24, 2.45) is 0 Å². The molecule has 0 aliphatic rings. The van der Waals surface area contributed by atoms with Gasteiger partial charge in [0.05, 0.1) is 0 Å². The molecule has 0 amide bonds. The number of benzene rings is 3. The molecule has 0 saturated carbocycles. The van der Waals surface area contributed by atoms with Crippen LogP contribution in [0.3, 0.4) is 0 Å². The summed E-state index contributed by atoms with van der Waals surface area (Å²) in [7, 11) is 0. The highest BCUT2D eigenvalue weighted by molar-refractivity contribution is 5.71. The second kappa shape index (κ2) is 6.84. The van der Waals surface area contributed by atoms with Crippen molar-refractivity contribution < 1.29 is 27.0 Å². The van der Waals surface area contributed by atoms with E-state index in [4.69, 9.17) is 4.74 Å². The second-order valence-electron chi connectivity index (χ2n) is 5.02. The van der Waals surface area contributed by atoms with E-state index in [-0.39, 0.29) is 11.5 Å². The van der Waals surface area contributed by atoms with E-state index >= 15 is 0 Å². The number of rotatable bonds is 4. The molecule has 0 atom stereocenters. The minimum atomic E-state index is -4.77. The standard InChI is InChI=1S/C19H11F4O2/c20-17-8-4-7-16(18(17)24-14-5-2-1-3-6-14)13-9-11-15(12-10-13)25-19(21,22)23/h1-6,8-12H. The third kappa shape index (κ3) is 4.29. The molecule has 0 saturated heterocycles. The third-order valence-corrected chi connectivity index (χ3v) is 3.24. The van der Waals surface area contributed by atoms with Crippen molar-refractivity contribution in [1.82, 2.24) is 0 Å². The molecule has 0 bridgehead atoms. The first-order chi connectivity index (χ1) is 11.9. The summed E-state index contributed by atoms with van der Waals surface area (Å²) in [6, 6.07) is 19.1. The minimum Gasteiger partial charge on any atom is -0.454 e. The number of alkyl halides is 3. The van der Waals surface area contributed by atoms with E-state index in [0.29, 0.717) is 16.9 Å². The van der Waals surface area contributed by atoms with E-state index in [1.54, 1.807) is 30.3 Å². The smallest absolute Gasteiger partial charge is 0.454 e. The molecule has 127 valence electrons. The average molecular weight is 347 g/mol. The summed E-state index contributed by atoms with van der Waals surface area (Å²) < 4.78 is 60.3. The molecule has 3 aromatic carbocycles. The lowest BCUT2D eigenvalue weighted by Crippen LogP contribution is -2.16. The van der Waals surface area contributed by atoms with E-state index in [1.807, 2.05) is 0 Å². The summed E-state index contributed by atoms with van der Waals surface area (Å²) in [6.45, 7) is 0. The van der Waals surface area contributed by atoms with Gasteiger partial charge in [-0.1, -0.05) is 36.4 Å². The Morgan fingerprint density at radius 2 is 1.48 bits per heavy atom. The highest BCUT2D eigenvalue weighted by atomic mass is 19.4. The molecule has 6 heteroatoms. The summed E-state index contributed by atoms with van der Waals surface area (Å²) in [5, 5.41) is 0. The average Bonchev–Trinajstić information content (AvgIpc) is 2.57. The Morgan fingerprint density at radius 3 is 2.12 bits per heavy atom. The molecule has 0 aromatic heterocycles. The lowest BCUT2D eigenvalue weighted by Gasteiger charge is -2.13. The molecule has 3 rings (SSSR count). The van der Waals surface area contributed by atoms with Gasteiger partial charge in [0.25, 0.3) is 0 Å². The first kappa shape index (κ1) is 16.8. The molecular formula is C19H11F4O2. The number of hydrogen-bond acceptors (Lipinski definition) is 2. The molecule has 0 N–H and O–H groups in total. The molecule has 0 aliphatic heterocycles. The Labute approximate surface area is 141 Å². The number of halogens is 4. The normalized spacial score (nSPS) is 11.2. The Balaban J connectivity index is 1.93. The van der Waals surface area contributed by atoms with Crippen molar-refractivity contribution in [1.29, 1.82) is 0 Å². The number of ether oxygens (including phenoxy) is 2. The first-order valence-electron chi connectivity index (χ1n) is 7.22. The van der Waals surface area contributed by atoms with Crippen molar-refractivity contribution in [2.75, 3.05) is 0 Å². The summed E-state index contributed by atoms with van der Waals surface area (Å²) in [5.74, 6) is -0.594. The highest BCUT2D eigenvalue weighted by Gasteiger charge is 2.31. The number of hydrogen-bond donors (Lipinski definition) is 0. The maximum Gasteiger partial charge on any atom is 0.573 e. The van der Waals surface area contributed by atoms with Gasteiger partial charge in [0.2, 0.25) is 0 Å². The fraction of sp³-hybridized carbons (Fsp3) is 0.0526. The molecular weight excluding hydrogens is 336 g/mol. The minimum absolute atomic E-state index is 0.0572. The molecule has 1 radical (unpaired) electrons. The van der Waals surface area contributed by atoms with Crippen LogP contribution in [-0.2, 0) is 0 Å². The maximum absolute atomic E-state index is 14.2. The molecule has 2 nitrogen and oxygen atoms in total. The zero-order chi connectivity index (χ0) is 17.9. The lowest BCUT2D eigenvalue weighted by atomic mass is 10.0. The summed E-state index contributed by atoms with van der Waals surface area (Å²) >= 11 is 0. The Morgan fingerprint density at radius 1 is 0.800 bits per heavy atom. The predicted octanol–water partition coefficient (Wildman–Crippen LogP) is 5.98. The maximum atomic E-state index is 14.2. The van der Waals surface area contributed by atoms with Gasteiger partial charge in [0.15, 0.2) is 11.6 Å². The van der Waals surface area contributed by atoms with Crippen LogP contribution < -0.4 is 9.47 Å². The van der Waals surface area contributed by atoms with E-state index < -0.39 is 12.2 Å². The van der Waals surface area contributed by atoms with Gasteiger partial charge < -0.3 is 9.47 Å². The van der Waals surface area contributed by atoms with Gasteiger partial charge in [-0.2, -0.15) is 0 Å². The van der Waals surface area contributed by atoms with Crippen molar-refractivity contribution in [3.05, 3.63) is 78.6 Å². The third-order valence-electron chi connectivity index (χ3n) is 3.24. The van der Waals surface area contributed by atoms with Crippen molar-refractivity contribution in [3.63, 3.8) is 0 Å².